The maximum Gasteiger partial charge on any atom is -0.0294 e. The Morgan fingerprint density at radius 2 is 2.44 bits per heavy atom. The molecule has 1 aliphatic rings. The predicted octanol–water partition coefficient (Wildman–Crippen LogP) is 3.14. The van der Waals surface area contributed by atoms with Crippen molar-refractivity contribution in [1.29, 1.82) is 0 Å². The van der Waals surface area contributed by atoms with E-state index in [1.807, 2.05) is 0 Å². The molecule has 0 spiro atoms. The highest BCUT2D eigenvalue weighted by molar-refractivity contribution is 5.06. The second-order valence-electron chi connectivity index (χ2n) is 3.12. The number of hydrogen-bond donors (Lipinski definition) is 0. The van der Waals surface area contributed by atoms with Gasteiger partial charge >= 0.3 is 0 Å². The standard InChI is InChI=1S/C9H16/c1-3-4-9-6-5-8(2)7-9/h4,8H,3,5-7H2,1-2H3/b9-4-. The molecule has 1 unspecified atom stereocenters. The van der Waals surface area contributed by atoms with Crippen LogP contribution in [-0.2, 0) is 0 Å². The molecule has 0 aliphatic heterocycles. The van der Waals surface area contributed by atoms with Gasteiger partial charge in [0.1, 0.15) is 0 Å². The average molecular weight is 124 g/mol. The Morgan fingerprint density at radius 1 is 1.67 bits per heavy atom. The first-order valence-electron chi connectivity index (χ1n) is 4.00. The molecule has 0 N–H and O–H groups in total. The van der Waals surface area contributed by atoms with E-state index in [0.29, 0.717) is 0 Å². The summed E-state index contributed by atoms with van der Waals surface area (Å²) in [5.74, 6) is 0.961. The maximum absolute atomic E-state index is 2.39. The van der Waals surface area contributed by atoms with Crippen molar-refractivity contribution in [2.24, 2.45) is 5.92 Å². The lowest BCUT2D eigenvalue weighted by Gasteiger charge is -1.94. The van der Waals surface area contributed by atoms with Crippen LogP contribution in [0.2, 0.25) is 0 Å². The van der Waals surface area contributed by atoms with E-state index < -0.39 is 0 Å². The van der Waals surface area contributed by atoms with Crippen molar-refractivity contribution in [2.45, 2.75) is 39.5 Å². The van der Waals surface area contributed by atoms with Crippen molar-refractivity contribution in [3.8, 4) is 0 Å². The van der Waals surface area contributed by atoms with Gasteiger partial charge in [0.2, 0.25) is 0 Å². The highest BCUT2D eigenvalue weighted by atomic mass is 14.2. The summed E-state index contributed by atoms with van der Waals surface area (Å²) < 4.78 is 0. The van der Waals surface area contributed by atoms with E-state index in [-0.39, 0.29) is 0 Å². The van der Waals surface area contributed by atoms with Crippen LogP contribution >= 0.6 is 0 Å². The third-order valence-corrected chi connectivity index (χ3v) is 2.06. The van der Waals surface area contributed by atoms with Crippen molar-refractivity contribution in [3.63, 3.8) is 0 Å². The zero-order valence-corrected chi connectivity index (χ0v) is 6.48. The minimum atomic E-state index is 0.961. The summed E-state index contributed by atoms with van der Waals surface area (Å²) in [6.07, 6.45) is 7.78. The second-order valence-corrected chi connectivity index (χ2v) is 3.12. The molecule has 52 valence electrons. The Kier molecular flexibility index (Phi) is 2.32. The zero-order valence-electron chi connectivity index (χ0n) is 6.48. The summed E-state index contributed by atoms with van der Waals surface area (Å²) in [5.41, 5.74) is 1.70. The van der Waals surface area contributed by atoms with Gasteiger partial charge in [-0.2, -0.15) is 0 Å². The highest BCUT2D eigenvalue weighted by Crippen LogP contribution is 2.29. The van der Waals surface area contributed by atoms with Gasteiger partial charge in [-0.05, 0) is 31.6 Å². The highest BCUT2D eigenvalue weighted by Gasteiger charge is 2.13. The fourth-order valence-electron chi connectivity index (χ4n) is 1.56. The van der Waals surface area contributed by atoms with E-state index >= 15 is 0 Å². The molecule has 1 aliphatic carbocycles. The van der Waals surface area contributed by atoms with Gasteiger partial charge in [-0.25, -0.2) is 0 Å². The Labute approximate surface area is 58.0 Å². The van der Waals surface area contributed by atoms with Crippen LogP contribution in [0, 0.1) is 5.92 Å². The van der Waals surface area contributed by atoms with Gasteiger partial charge in [-0.15, -0.1) is 0 Å². The Hall–Kier alpha value is -0.260. The zero-order chi connectivity index (χ0) is 6.69. The molecular weight excluding hydrogens is 108 g/mol. The smallest absolute Gasteiger partial charge is 0.0294 e. The lowest BCUT2D eigenvalue weighted by molar-refractivity contribution is 0.620. The first-order valence-corrected chi connectivity index (χ1v) is 4.00. The first kappa shape index (κ1) is 6.85. The minimum absolute atomic E-state index is 0.961. The summed E-state index contributed by atoms with van der Waals surface area (Å²) in [7, 11) is 0. The average Bonchev–Trinajstić information content (AvgIpc) is 2.17. The van der Waals surface area contributed by atoms with E-state index in [1.54, 1.807) is 5.57 Å². The quantitative estimate of drug-likeness (QED) is 0.471. The van der Waals surface area contributed by atoms with Gasteiger partial charge in [-0.1, -0.05) is 25.5 Å². The van der Waals surface area contributed by atoms with Crippen molar-refractivity contribution in [2.75, 3.05) is 0 Å². The summed E-state index contributed by atoms with van der Waals surface area (Å²) in [6.45, 7) is 4.56. The summed E-state index contributed by atoms with van der Waals surface area (Å²) >= 11 is 0. The molecule has 0 heteroatoms. The topological polar surface area (TPSA) is 0 Å². The Bertz CT molecular complexity index is 111. The first-order chi connectivity index (χ1) is 4.33. The molecule has 0 aromatic heterocycles. The van der Waals surface area contributed by atoms with E-state index in [0.717, 1.165) is 5.92 Å². The minimum Gasteiger partial charge on any atom is -0.0856 e. The molecular formula is C9H16. The van der Waals surface area contributed by atoms with Crippen LogP contribution in [0.4, 0.5) is 0 Å². The van der Waals surface area contributed by atoms with Crippen molar-refractivity contribution in [3.05, 3.63) is 11.6 Å². The van der Waals surface area contributed by atoms with Crippen LogP contribution in [0.25, 0.3) is 0 Å². The van der Waals surface area contributed by atoms with E-state index in [9.17, 15) is 0 Å². The van der Waals surface area contributed by atoms with Gasteiger partial charge in [0, 0.05) is 0 Å². The van der Waals surface area contributed by atoms with Gasteiger partial charge in [0.25, 0.3) is 0 Å². The molecule has 0 aromatic carbocycles. The van der Waals surface area contributed by atoms with Crippen LogP contribution in [-0.4, -0.2) is 0 Å². The summed E-state index contributed by atoms with van der Waals surface area (Å²) in [6, 6.07) is 0. The molecule has 0 nitrogen and oxygen atoms in total. The van der Waals surface area contributed by atoms with Crippen LogP contribution < -0.4 is 0 Å². The van der Waals surface area contributed by atoms with Gasteiger partial charge in [-0.3, -0.25) is 0 Å². The number of hydrogen-bond acceptors (Lipinski definition) is 0. The molecule has 1 saturated carbocycles. The molecule has 0 bridgehead atoms. The molecule has 0 aromatic rings. The van der Waals surface area contributed by atoms with Crippen LogP contribution in [0.15, 0.2) is 11.6 Å². The number of allylic oxidation sites excluding steroid dienone is 2. The molecule has 0 radical (unpaired) electrons. The lowest BCUT2D eigenvalue weighted by Crippen LogP contribution is -1.80. The van der Waals surface area contributed by atoms with Gasteiger partial charge in [0.15, 0.2) is 0 Å². The Balaban J connectivity index is 2.38. The van der Waals surface area contributed by atoms with E-state index in [4.69, 9.17) is 0 Å². The van der Waals surface area contributed by atoms with E-state index in [1.165, 1.54) is 25.7 Å². The molecule has 1 rings (SSSR count). The fourth-order valence-corrected chi connectivity index (χ4v) is 1.56. The van der Waals surface area contributed by atoms with Gasteiger partial charge in [0.05, 0.1) is 0 Å². The molecule has 1 fully saturated rings. The predicted molar refractivity (Wildman–Crippen MR) is 41.4 cm³/mol. The van der Waals surface area contributed by atoms with Crippen LogP contribution in [0.3, 0.4) is 0 Å². The summed E-state index contributed by atoms with van der Waals surface area (Å²) in [4.78, 5) is 0. The lowest BCUT2D eigenvalue weighted by atomic mass is 10.1. The monoisotopic (exact) mass is 124 g/mol. The normalized spacial score (nSPS) is 31.8. The van der Waals surface area contributed by atoms with Crippen molar-refractivity contribution < 1.29 is 0 Å². The maximum atomic E-state index is 2.39. The molecule has 1 atom stereocenters. The van der Waals surface area contributed by atoms with E-state index in [2.05, 4.69) is 19.9 Å². The molecule has 0 amide bonds. The largest absolute Gasteiger partial charge is 0.0856 e. The SMILES string of the molecule is CC/C=C1/CCC(C)C1. The second kappa shape index (κ2) is 3.05. The fraction of sp³-hybridized carbons (Fsp3) is 0.778. The third-order valence-electron chi connectivity index (χ3n) is 2.06. The van der Waals surface area contributed by atoms with Crippen LogP contribution in [0.1, 0.15) is 39.5 Å². The summed E-state index contributed by atoms with van der Waals surface area (Å²) in [5, 5.41) is 0. The number of rotatable bonds is 1. The third kappa shape index (κ3) is 1.85. The van der Waals surface area contributed by atoms with Crippen LogP contribution in [0.5, 0.6) is 0 Å². The molecule has 0 heterocycles. The molecule has 9 heavy (non-hydrogen) atoms. The molecule has 0 saturated heterocycles. The van der Waals surface area contributed by atoms with Crippen molar-refractivity contribution in [1.82, 2.24) is 0 Å². The van der Waals surface area contributed by atoms with Crippen molar-refractivity contribution >= 4 is 0 Å². The Morgan fingerprint density at radius 3 is 2.89 bits per heavy atom. The van der Waals surface area contributed by atoms with Gasteiger partial charge < -0.3 is 0 Å².